The average molecular weight is 434 g/mol. The Balaban J connectivity index is 1.94. The summed E-state index contributed by atoms with van der Waals surface area (Å²) in [4.78, 5) is 15.3. The van der Waals surface area contributed by atoms with Crippen molar-refractivity contribution < 1.29 is 23.7 Å². The van der Waals surface area contributed by atoms with Crippen molar-refractivity contribution in [3.8, 4) is 23.0 Å². The third kappa shape index (κ3) is 4.43. The quantitative estimate of drug-likeness (QED) is 0.577. The molecule has 1 unspecified atom stereocenters. The second-order valence-electron chi connectivity index (χ2n) is 7.10. The van der Waals surface area contributed by atoms with Gasteiger partial charge in [0.2, 0.25) is 0 Å². The zero-order chi connectivity index (χ0) is 21.7. The number of halogens is 1. The summed E-state index contributed by atoms with van der Waals surface area (Å²) >= 11 is 6.43. The van der Waals surface area contributed by atoms with Crippen LogP contribution in [0.5, 0.6) is 23.0 Å². The Kier molecular flexibility index (Phi) is 7.32. The van der Waals surface area contributed by atoms with E-state index in [-0.39, 0.29) is 11.9 Å². The Bertz CT molecular complexity index is 901. The number of amides is 1. The fraction of sp³-hybridized carbons (Fsp3) is 0.435. The molecule has 7 heteroatoms. The second-order valence-corrected chi connectivity index (χ2v) is 7.51. The van der Waals surface area contributed by atoms with Gasteiger partial charge in [-0.25, -0.2) is 0 Å². The van der Waals surface area contributed by atoms with E-state index < -0.39 is 0 Å². The highest BCUT2D eigenvalue weighted by Crippen LogP contribution is 2.41. The van der Waals surface area contributed by atoms with E-state index in [0.717, 1.165) is 36.3 Å². The molecule has 1 amide bonds. The molecule has 30 heavy (non-hydrogen) atoms. The number of carbonyl (C=O) groups is 1. The van der Waals surface area contributed by atoms with E-state index in [0.29, 0.717) is 35.2 Å². The summed E-state index contributed by atoms with van der Waals surface area (Å²) in [5, 5.41) is 0.362. The van der Waals surface area contributed by atoms with Gasteiger partial charge in [-0.2, -0.15) is 0 Å². The lowest BCUT2D eigenvalue weighted by Gasteiger charge is -2.27. The van der Waals surface area contributed by atoms with Gasteiger partial charge in [-0.05, 0) is 49.6 Å². The smallest absolute Gasteiger partial charge is 0.254 e. The Morgan fingerprint density at radius 2 is 1.87 bits per heavy atom. The summed E-state index contributed by atoms with van der Waals surface area (Å²) in [7, 11) is 4.80. The number of ether oxygens (including phenoxy) is 4. The van der Waals surface area contributed by atoms with Gasteiger partial charge in [-0.1, -0.05) is 18.5 Å². The van der Waals surface area contributed by atoms with Crippen molar-refractivity contribution in [3.63, 3.8) is 0 Å². The molecule has 0 aromatic heterocycles. The minimum Gasteiger partial charge on any atom is -0.497 e. The Hall–Kier alpha value is -2.60. The molecule has 2 aromatic rings. The summed E-state index contributed by atoms with van der Waals surface area (Å²) in [5.41, 5.74) is 1.40. The van der Waals surface area contributed by atoms with Crippen LogP contribution < -0.4 is 18.9 Å². The summed E-state index contributed by atoms with van der Waals surface area (Å²) < 4.78 is 22.1. The molecule has 1 aliphatic heterocycles. The minimum absolute atomic E-state index is 0.107. The van der Waals surface area contributed by atoms with Crippen molar-refractivity contribution in [2.24, 2.45) is 0 Å². The van der Waals surface area contributed by atoms with Gasteiger partial charge in [0.1, 0.15) is 11.5 Å². The molecular weight excluding hydrogens is 406 g/mol. The third-order valence-corrected chi connectivity index (χ3v) is 5.52. The van der Waals surface area contributed by atoms with Crippen molar-refractivity contribution in [2.45, 2.75) is 32.2 Å². The molecule has 1 heterocycles. The van der Waals surface area contributed by atoms with Gasteiger partial charge in [0, 0.05) is 17.7 Å². The highest BCUT2D eigenvalue weighted by molar-refractivity contribution is 6.32. The number of hydrogen-bond donors (Lipinski definition) is 0. The number of nitrogens with zero attached hydrogens (tertiary/aromatic N) is 1. The zero-order valence-corrected chi connectivity index (χ0v) is 18.6. The van der Waals surface area contributed by atoms with Crippen LogP contribution in [0.3, 0.4) is 0 Å². The Morgan fingerprint density at radius 3 is 2.53 bits per heavy atom. The molecule has 1 saturated heterocycles. The first-order chi connectivity index (χ1) is 14.5. The molecule has 1 fully saturated rings. The maximum atomic E-state index is 13.4. The van der Waals surface area contributed by atoms with Crippen molar-refractivity contribution in [1.29, 1.82) is 0 Å². The zero-order valence-electron chi connectivity index (χ0n) is 17.9. The molecule has 162 valence electrons. The molecule has 3 rings (SSSR count). The number of carbonyl (C=O) groups excluding carboxylic acids is 1. The van der Waals surface area contributed by atoms with Crippen molar-refractivity contribution in [1.82, 2.24) is 4.90 Å². The summed E-state index contributed by atoms with van der Waals surface area (Å²) in [6, 6.07) is 8.89. The molecule has 0 N–H and O–H groups in total. The summed E-state index contributed by atoms with van der Waals surface area (Å²) in [5.74, 6) is 2.27. The number of benzene rings is 2. The largest absolute Gasteiger partial charge is 0.497 e. The van der Waals surface area contributed by atoms with Crippen LogP contribution in [-0.2, 0) is 0 Å². The van der Waals surface area contributed by atoms with Crippen LogP contribution in [0.25, 0.3) is 0 Å². The number of likely N-dealkylation sites (tertiary alicyclic amines) is 1. The monoisotopic (exact) mass is 433 g/mol. The van der Waals surface area contributed by atoms with Gasteiger partial charge in [-0.15, -0.1) is 0 Å². The van der Waals surface area contributed by atoms with E-state index in [9.17, 15) is 4.79 Å². The van der Waals surface area contributed by atoms with Gasteiger partial charge in [0.15, 0.2) is 11.5 Å². The molecular formula is C23H28ClNO5. The lowest BCUT2D eigenvalue weighted by atomic mass is 10.0. The summed E-state index contributed by atoms with van der Waals surface area (Å²) in [6.45, 7) is 3.18. The van der Waals surface area contributed by atoms with Crippen LogP contribution >= 0.6 is 11.6 Å². The molecule has 6 nitrogen and oxygen atoms in total. The molecule has 0 saturated carbocycles. The Morgan fingerprint density at radius 1 is 1.10 bits per heavy atom. The van der Waals surface area contributed by atoms with E-state index in [2.05, 4.69) is 0 Å². The predicted molar refractivity (Wildman–Crippen MR) is 116 cm³/mol. The standard InChI is InChI=1S/C23H28ClNO5/c1-5-11-30-22-18(24)12-15(13-21(22)29-4)23(26)25-10-6-7-19(25)17-14-16(27-2)8-9-20(17)28-3/h8-9,12-14,19H,5-7,10-11H2,1-4H3. The van der Waals surface area contributed by atoms with Crippen molar-refractivity contribution in [2.75, 3.05) is 34.5 Å². The predicted octanol–water partition coefficient (Wildman–Crippen LogP) is 5.13. The van der Waals surface area contributed by atoms with E-state index in [4.69, 9.17) is 30.5 Å². The minimum atomic E-state index is -0.108. The van der Waals surface area contributed by atoms with Crippen LogP contribution in [0.15, 0.2) is 30.3 Å². The van der Waals surface area contributed by atoms with Gasteiger partial charge in [0.05, 0.1) is 39.0 Å². The topological polar surface area (TPSA) is 57.2 Å². The first-order valence-electron chi connectivity index (χ1n) is 10.1. The van der Waals surface area contributed by atoms with E-state index in [1.54, 1.807) is 33.5 Å². The summed E-state index contributed by atoms with van der Waals surface area (Å²) in [6.07, 6.45) is 2.59. The fourth-order valence-corrected chi connectivity index (χ4v) is 4.05. The lowest BCUT2D eigenvalue weighted by molar-refractivity contribution is 0.0733. The SMILES string of the molecule is CCCOc1c(Cl)cc(C(=O)N2CCCC2c2cc(OC)ccc2OC)cc1OC. The number of rotatable bonds is 8. The van der Waals surface area contributed by atoms with Crippen molar-refractivity contribution >= 4 is 17.5 Å². The second kappa shape index (κ2) is 9.94. The number of methoxy groups -OCH3 is 3. The maximum absolute atomic E-state index is 13.4. The Labute approximate surface area is 182 Å². The van der Waals surface area contributed by atoms with Gasteiger partial charge >= 0.3 is 0 Å². The first-order valence-corrected chi connectivity index (χ1v) is 10.4. The van der Waals surface area contributed by atoms with Gasteiger partial charge < -0.3 is 23.8 Å². The molecule has 0 bridgehead atoms. The molecule has 0 radical (unpaired) electrons. The lowest BCUT2D eigenvalue weighted by Crippen LogP contribution is -2.30. The van der Waals surface area contributed by atoms with Crippen LogP contribution in [0.1, 0.15) is 48.1 Å². The normalized spacial score (nSPS) is 15.8. The van der Waals surface area contributed by atoms with Crippen LogP contribution in [-0.4, -0.2) is 45.3 Å². The third-order valence-electron chi connectivity index (χ3n) is 5.24. The van der Waals surface area contributed by atoms with Crippen LogP contribution in [0, 0.1) is 0 Å². The van der Waals surface area contributed by atoms with Crippen LogP contribution in [0.2, 0.25) is 5.02 Å². The fourth-order valence-electron chi connectivity index (χ4n) is 3.79. The highest BCUT2D eigenvalue weighted by Gasteiger charge is 2.33. The maximum Gasteiger partial charge on any atom is 0.254 e. The number of hydrogen-bond acceptors (Lipinski definition) is 5. The molecule has 2 aromatic carbocycles. The average Bonchev–Trinajstić information content (AvgIpc) is 3.26. The molecule has 0 aliphatic carbocycles. The van der Waals surface area contributed by atoms with Crippen molar-refractivity contribution in [3.05, 3.63) is 46.5 Å². The first kappa shape index (κ1) is 22.1. The highest BCUT2D eigenvalue weighted by atomic mass is 35.5. The van der Waals surface area contributed by atoms with Gasteiger partial charge in [0.25, 0.3) is 5.91 Å². The molecule has 1 aliphatic rings. The molecule has 1 atom stereocenters. The van der Waals surface area contributed by atoms with E-state index in [1.807, 2.05) is 30.0 Å². The van der Waals surface area contributed by atoms with Gasteiger partial charge in [-0.3, -0.25) is 4.79 Å². The molecule has 0 spiro atoms. The van der Waals surface area contributed by atoms with E-state index >= 15 is 0 Å². The van der Waals surface area contributed by atoms with Crippen LogP contribution in [0.4, 0.5) is 0 Å². The van der Waals surface area contributed by atoms with E-state index in [1.165, 1.54) is 0 Å².